The quantitative estimate of drug-likeness (QED) is 0.224. The van der Waals surface area contributed by atoms with Gasteiger partial charge in [0.15, 0.2) is 0 Å². The number of rotatable bonds is 5. The number of allylic oxidation sites excluding steroid dienone is 4. The minimum atomic E-state index is -1.56. The van der Waals surface area contributed by atoms with E-state index in [1.807, 2.05) is 0 Å². The van der Waals surface area contributed by atoms with Gasteiger partial charge in [0, 0.05) is 8.80 Å². The van der Waals surface area contributed by atoms with Gasteiger partial charge in [-0.2, -0.15) is 5.57 Å². The second-order valence-electron chi connectivity index (χ2n) is 9.02. The zero-order valence-corrected chi connectivity index (χ0v) is 25.5. The number of benzene rings is 3. The first-order valence-corrected chi connectivity index (χ1v) is 12.6. The van der Waals surface area contributed by atoms with Crippen molar-refractivity contribution in [1.29, 1.82) is 0 Å². The fraction of sp³-hybridized carbons (Fsp3) is 0.241. The average molecular weight is 562 g/mol. The van der Waals surface area contributed by atoms with E-state index in [0.717, 1.165) is 12.8 Å². The van der Waals surface area contributed by atoms with Gasteiger partial charge >= 0.3 is 21.7 Å². The van der Waals surface area contributed by atoms with Gasteiger partial charge in [-0.1, -0.05) is 113 Å². The van der Waals surface area contributed by atoms with E-state index in [-0.39, 0.29) is 58.9 Å². The van der Waals surface area contributed by atoms with Crippen molar-refractivity contribution in [2.75, 3.05) is 0 Å². The Bertz CT molecular complexity index is 1060. The third-order valence-corrected chi connectivity index (χ3v) is 9.18. The summed E-state index contributed by atoms with van der Waals surface area (Å²) in [6, 6.07) is 25.2. The Balaban J connectivity index is 0.00000272. The molecule has 1 aliphatic rings. The molecule has 3 aromatic carbocycles. The van der Waals surface area contributed by atoms with E-state index in [4.69, 9.17) is 0 Å². The summed E-state index contributed by atoms with van der Waals surface area (Å²) in [5.41, 5.74) is 9.64. The molecule has 5 heteroatoms. The largest absolute Gasteiger partial charge is 4.00 e. The fourth-order valence-corrected chi connectivity index (χ4v) is 8.90. The van der Waals surface area contributed by atoms with Crippen LogP contribution in [0.5, 0.6) is 0 Å². The minimum Gasteiger partial charge on any atom is -1.00 e. The summed E-state index contributed by atoms with van der Waals surface area (Å²) in [4.78, 5) is 0. The molecule has 4 rings (SSSR count). The van der Waals surface area contributed by atoms with Gasteiger partial charge in [0.2, 0.25) is 0 Å². The monoisotopic (exact) mass is 560 g/mol. The second kappa shape index (κ2) is 14.5. The van der Waals surface area contributed by atoms with Crippen LogP contribution in [0.15, 0.2) is 83.1 Å². The molecule has 0 bridgehead atoms. The predicted octanol–water partition coefficient (Wildman–Crippen LogP) is -3.50. The van der Waals surface area contributed by atoms with Crippen molar-refractivity contribution in [2.45, 2.75) is 47.5 Å². The van der Waals surface area contributed by atoms with Crippen molar-refractivity contribution in [1.82, 2.24) is 0 Å². The SMILES string of the molecule is CC1=[C-]C(Cc2ccccc2)=C([SiH](c2cc(C)cc(C)c2)c2cc(C)cc(C)c2)C1.[Cl-].[Cl-].[Cl-].[Ti+4]. The Morgan fingerprint density at radius 3 is 1.56 bits per heavy atom. The summed E-state index contributed by atoms with van der Waals surface area (Å²) in [5, 5.41) is 4.72. The van der Waals surface area contributed by atoms with Crippen molar-refractivity contribution in [3.05, 3.63) is 117 Å². The van der Waals surface area contributed by atoms with Crippen LogP contribution in [-0.4, -0.2) is 8.80 Å². The van der Waals surface area contributed by atoms with Gasteiger partial charge in [-0.25, -0.2) is 16.8 Å². The molecular weight excluding hydrogens is 531 g/mol. The maximum Gasteiger partial charge on any atom is 4.00 e. The number of hydrogen-bond acceptors (Lipinski definition) is 0. The van der Waals surface area contributed by atoms with Gasteiger partial charge in [-0.3, -0.25) is 0 Å². The van der Waals surface area contributed by atoms with E-state index in [9.17, 15) is 0 Å². The van der Waals surface area contributed by atoms with Crippen LogP contribution in [0.4, 0.5) is 0 Å². The molecule has 0 unspecified atom stereocenters. The summed E-state index contributed by atoms with van der Waals surface area (Å²) in [7, 11) is -1.56. The third kappa shape index (κ3) is 7.98. The number of hydrogen-bond donors (Lipinski definition) is 0. The molecule has 0 radical (unpaired) electrons. The smallest absolute Gasteiger partial charge is 1.00 e. The van der Waals surface area contributed by atoms with E-state index >= 15 is 0 Å². The number of aryl methyl sites for hydroxylation is 4. The molecule has 0 nitrogen and oxygen atoms in total. The maximum absolute atomic E-state index is 3.76. The molecule has 0 N–H and O–H groups in total. The zero-order valence-electron chi connectivity index (χ0n) is 20.5. The summed E-state index contributed by atoms with van der Waals surface area (Å²) >= 11 is 0. The maximum atomic E-state index is 3.76. The first kappa shape index (κ1) is 32.9. The van der Waals surface area contributed by atoms with E-state index in [1.54, 1.807) is 5.20 Å². The summed E-state index contributed by atoms with van der Waals surface area (Å²) in [6.07, 6.45) is 5.81. The van der Waals surface area contributed by atoms with Crippen LogP contribution >= 0.6 is 0 Å². The summed E-state index contributed by atoms with van der Waals surface area (Å²) < 4.78 is 0. The van der Waals surface area contributed by atoms with E-state index in [2.05, 4.69) is 107 Å². The topological polar surface area (TPSA) is 0 Å². The molecule has 3 aromatic rings. The van der Waals surface area contributed by atoms with E-state index in [0.29, 0.717) is 0 Å². The van der Waals surface area contributed by atoms with E-state index in [1.165, 1.54) is 49.3 Å². The summed E-state index contributed by atoms with van der Waals surface area (Å²) in [5.74, 6) is 0. The molecule has 0 saturated carbocycles. The Morgan fingerprint density at radius 2 is 1.12 bits per heavy atom. The molecule has 0 aliphatic heterocycles. The Morgan fingerprint density at radius 1 is 0.676 bits per heavy atom. The van der Waals surface area contributed by atoms with Crippen LogP contribution < -0.4 is 47.6 Å². The fourth-order valence-electron chi connectivity index (χ4n) is 4.96. The Hall–Kier alpha value is -1.06. The molecule has 1 aliphatic carbocycles. The molecule has 0 spiro atoms. The van der Waals surface area contributed by atoms with Crippen molar-refractivity contribution < 1.29 is 58.9 Å². The molecule has 0 saturated heterocycles. The molecule has 0 atom stereocenters. The van der Waals surface area contributed by atoms with Crippen molar-refractivity contribution >= 4 is 19.2 Å². The second-order valence-corrected chi connectivity index (χ2v) is 11.9. The minimum absolute atomic E-state index is 0. The first-order chi connectivity index (χ1) is 14.4. The molecule has 0 aromatic heterocycles. The molecular formula is C29H31Cl3SiTi. The Kier molecular flexibility index (Phi) is 14.0. The molecule has 0 fully saturated rings. The van der Waals surface area contributed by atoms with Gasteiger partial charge < -0.3 is 37.2 Å². The van der Waals surface area contributed by atoms with Crippen LogP contribution in [0.3, 0.4) is 0 Å². The predicted molar refractivity (Wildman–Crippen MR) is 132 cm³/mol. The van der Waals surface area contributed by atoms with Crippen molar-refractivity contribution in [3.63, 3.8) is 0 Å². The summed E-state index contributed by atoms with van der Waals surface area (Å²) in [6.45, 7) is 11.2. The van der Waals surface area contributed by atoms with Crippen LogP contribution in [0, 0.1) is 33.8 Å². The van der Waals surface area contributed by atoms with Gasteiger partial charge in [0.05, 0.1) is 0 Å². The van der Waals surface area contributed by atoms with Gasteiger partial charge in [-0.05, 0) is 39.7 Å². The van der Waals surface area contributed by atoms with Crippen LogP contribution in [-0.2, 0) is 28.1 Å². The Labute approximate surface area is 241 Å². The zero-order chi connectivity index (χ0) is 21.3. The standard InChI is InChI=1S/C29H31Si.3ClH.Ti/c1-20-11-21(2)15-27(14-20)30(28-16-22(3)12-23(4)17-28)29-18-24(5)13-26(29)19-25-9-7-6-8-10-25;;;;/h6-12,14-17,30H,18-19H2,1-5H3;3*1H;/q-1;;;;+4/p-3. The van der Waals surface area contributed by atoms with Crippen LogP contribution in [0.1, 0.15) is 41.2 Å². The van der Waals surface area contributed by atoms with Gasteiger partial charge in [-0.15, -0.1) is 0 Å². The molecule has 34 heavy (non-hydrogen) atoms. The van der Waals surface area contributed by atoms with Crippen molar-refractivity contribution in [2.24, 2.45) is 0 Å². The molecule has 0 amide bonds. The van der Waals surface area contributed by atoms with Gasteiger partial charge in [0.1, 0.15) is 0 Å². The van der Waals surface area contributed by atoms with E-state index < -0.39 is 8.80 Å². The van der Waals surface area contributed by atoms with Crippen LogP contribution in [0.25, 0.3) is 0 Å². The van der Waals surface area contributed by atoms with Gasteiger partial charge in [0.25, 0.3) is 0 Å². The normalized spacial score (nSPS) is 12.2. The molecule has 0 heterocycles. The first-order valence-electron chi connectivity index (χ1n) is 10.9. The average Bonchev–Trinajstić information content (AvgIpc) is 3.01. The number of halogens is 3. The molecule has 176 valence electrons. The third-order valence-electron chi connectivity index (χ3n) is 5.93. The van der Waals surface area contributed by atoms with Crippen LogP contribution in [0.2, 0.25) is 0 Å². The van der Waals surface area contributed by atoms with Crippen molar-refractivity contribution in [3.8, 4) is 0 Å².